The Kier molecular flexibility index (Phi) is 4.81. The van der Waals surface area contributed by atoms with Gasteiger partial charge in [-0.2, -0.15) is 0 Å². The normalized spacial score (nSPS) is 21.2. The van der Waals surface area contributed by atoms with E-state index in [2.05, 4.69) is 17.6 Å². The summed E-state index contributed by atoms with van der Waals surface area (Å²) >= 11 is 0. The molecule has 1 aliphatic heterocycles. The third-order valence-corrected chi connectivity index (χ3v) is 4.46. The number of nitrogens with one attached hydrogen (secondary N) is 2. The minimum absolute atomic E-state index is 0.113. The molecular formula is C17H26N2O. The lowest BCUT2D eigenvalue weighted by Gasteiger charge is -2.32. The van der Waals surface area contributed by atoms with Crippen LogP contribution in [0.15, 0.2) is 30.3 Å². The van der Waals surface area contributed by atoms with Crippen molar-refractivity contribution in [1.29, 1.82) is 0 Å². The van der Waals surface area contributed by atoms with Crippen molar-refractivity contribution >= 4 is 5.91 Å². The molecule has 1 aromatic carbocycles. The van der Waals surface area contributed by atoms with Crippen LogP contribution in [0.4, 0.5) is 0 Å². The standard InChI is InChI=1S/C17H26N2O/c1-13(14-8-7-11-18-12-14)19-16(20)17(2,3)15-9-5-4-6-10-15/h4-6,9-10,13-14,18H,7-8,11-12H2,1-3H3,(H,19,20). The van der Waals surface area contributed by atoms with Gasteiger partial charge in [0.05, 0.1) is 5.41 Å². The Balaban J connectivity index is 2.00. The molecule has 1 fully saturated rings. The molecule has 2 rings (SSSR count). The summed E-state index contributed by atoms with van der Waals surface area (Å²) in [7, 11) is 0. The largest absolute Gasteiger partial charge is 0.353 e. The van der Waals surface area contributed by atoms with Gasteiger partial charge in [0.15, 0.2) is 0 Å². The number of carbonyl (C=O) groups is 1. The third kappa shape index (κ3) is 3.40. The molecule has 20 heavy (non-hydrogen) atoms. The van der Waals surface area contributed by atoms with Gasteiger partial charge in [-0.05, 0) is 58.2 Å². The molecule has 0 aromatic heterocycles. The maximum atomic E-state index is 12.6. The summed E-state index contributed by atoms with van der Waals surface area (Å²) < 4.78 is 0. The number of rotatable bonds is 4. The van der Waals surface area contributed by atoms with E-state index in [1.54, 1.807) is 0 Å². The van der Waals surface area contributed by atoms with Crippen LogP contribution >= 0.6 is 0 Å². The smallest absolute Gasteiger partial charge is 0.230 e. The van der Waals surface area contributed by atoms with Crippen LogP contribution in [0.1, 0.15) is 39.2 Å². The van der Waals surface area contributed by atoms with Crippen LogP contribution < -0.4 is 10.6 Å². The number of amides is 1. The average Bonchev–Trinajstić information content (AvgIpc) is 2.49. The molecule has 1 heterocycles. The molecule has 1 aliphatic rings. The van der Waals surface area contributed by atoms with E-state index in [4.69, 9.17) is 0 Å². The number of hydrogen-bond acceptors (Lipinski definition) is 2. The average molecular weight is 274 g/mol. The van der Waals surface area contributed by atoms with Crippen LogP contribution in [0.25, 0.3) is 0 Å². The van der Waals surface area contributed by atoms with Gasteiger partial charge in [-0.1, -0.05) is 30.3 Å². The zero-order chi connectivity index (χ0) is 14.6. The lowest BCUT2D eigenvalue weighted by molar-refractivity contribution is -0.126. The summed E-state index contributed by atoms with van der Waals surface area (Å²) in [5.41, 5.74) is 0.573. The van der Waals surface area contributed by atoms with Crippen LogP contribution in [0, 0.1) is 5.92 Å². The molecule has 1 amide bonds. The monoisotopic (exact) mass is 274 g/mol. The Labute approximate surface area is 122 Å². The van der Waals surface area contributed by atoms with Crippen molar-refractivity contribution in [2.24, 2.45) is 5.92 Å². The van der Waals surface area contributed by atoms with Gasteiger partial charge < -0.3 is 10.6 Å². The molecule has 2 atom stereocenters. The summed E-state index contributed by atoms with van der Waals surface area (Å²) in [5, 5.41) is 6.62. The first-order valence-electron chi connectivity index (χ1n) is 7.59. The number of benzene rings is 1. The minimum atomic E-state index is -0.488. The molecule has 0 saturated carbocycles. The van der Waals surface area contributed by atoms with Gasteiger partial charge in [0.1, 0.15) is 0 Å². The lowest BCUT2D eigenvalue weighted by Crippen LogP contribution is -2.49. The van der Waals surface area contributed by atoms with Gasteiger partial charge in [-0.3, -0.25) is 4.79 Å². The fourth-order valence-corrected chi connectivity index (χ4v) is 2.80. The van der Waals surface area contributed by atoms with Crippen molar-refractivity contribution in [3.05, 3.63) is 35.9 Å². The van der Waals surface area contributed by atoms with Crippen LogP contribution in [0.3, 0.4) is 0 Å². The van der Waals surface area contributed by atoms with E-state index in [1.165, 1.54) is 12.8 Å². The van der Waals surface area contributed by atoms with Crippen LogP contribution in [-0.4, -0.2) is 25.0 Å². The highest BCUT2D eigenvalue weighted by Crippen LogP contribution is 2.24. The molecule has 0 aliphatic carbocycles. The van der Waals surface area contributed by atoms with Gasteiger partial charge in [-0.15, -0.1) is 0 Å². The van der Waals surface area contributed by atoms with Crippen molar-refractivity contribution in [1.82, 2.24) is 10.6 Å². The molecular weight excluding hydrogens is 248 g/mol. The quantitative estimate of drug-likeness (QED) is 0.885. The number of piperidine rings is 1. The minimum Gasteiger partial charge on any atom is -0.353 e. The van der Waals surface area contributed by atoms with Crippen molar-refractivity contribution < 1.29 is 4.79 Å². The zero-order valence-electron chi connectivity index (χ0n) is 12.8. The summed E-state index contributed by atoms with van der Waals surface area (Å²) in [5.74, 6) is 0.654. The maximum absolute atomic E-state index is 12.6. The molecule has 2 N–H and O–H groups in total. The molecule has 0 radical (unpaired) electrons. The van der Waals surface area contributed by atoms with Gasteiger partial charge in [0, 0.05) is 6.04 Å². The first-order valence-corrected chi connectivity index (χ1v) is 7.59. The van der Waals surface area contributed by atoms with E-state index >= 15 is 0 Å². The second-order valence-corrected chi connectivity index (χ2v) is 6.36. The molecule has 0 spiro atoms. The van der Waals surface area contributed by atoms with Crippen molar-refractivity contribution in [3.63, 3.8) is 0 Å². The fourth-order valence-electron chi connectivity index (χ4n) is 2.80. The predicted octanol–water partition coefficient (Wildman–Crippen LogP) is 2.47. The van der Waals surface area contributed by atoms with E-state index in [9.17, 15) is 4.79 Å². The van der Waals surface area contributed by atoms with Crippen molar-refractivity contribution in [2.45, 2.75) is 45.1 Å². The molecule has 3 nitrogen and oxygen atoms in total. The van der Waals surface area contributed by atoms with Gasteiger partial charge in [-0.25, -0.2) is 0 Å². The SMILES string of the molecule is CC(NC(=O)C(C)(C)c1ccccc1)C1CCCNC1. The lowest BCUT2D eigenvalue weighted by atomic mass is 9.83. The summed E-state index contributed by atoms with van der Waals surface area (Å²) in [4.78, 5) is 12.6. The highest BCUT2D eigenvalue weighted by molar-refractivity contribution is 5.87. The summed E-state index contributed by atoms with van der Waals surface area (Å²) in [6.45, 7) is 8.21. The van der Waals surface area contributed by atoms with Crippen molar-refractivity contribution in [2.75, 3.05) is 13.1 Å². The second kappa shape index (κ2) is 6.40. The van der Waals surface area contributed by atoms with E-state index in [0.29, 0.717) is 5.92 Å². The molecule has 2 unspecified atom stereocenters. The van der Waals surface area contributed by atoms with Crippen LogP contribution in [0.2, 0.25) is 0 Å². The fraction of sp³-hybridized carbons (Fsp3) is 0.588. The Bertz CT molecular complexity index is 436. The molecule has 110 valence electrons. The zero-order valence-corrected chi connectivity index (χ0v) is 12.8. The number of hydrogen-bond donors (Lipinski definition) is 2. The Hall–Kier alpha value is -1.35. The topological polar surface area (TPSA) is 41.1 Å². The summed E-state index contributed by atoms with van der Waals surface area (Å²) in [6.07, 6.45) is 2.40. The van der Waals surface area contributed by atoms with Crippen molar-refractivity contribution in [3.8, 4) is 0 Å². The first-order chi connectivity index (χ1) is 9.51. The molecule has 1 saturated heterocycles. The summed E-state index contributed by atoms with van der Waals surface area (Å²) in [6, 6.07) is 10.2. The molecule has 3 heteroatoms. The van der Waals surface area contributed by atoms with E-state index in [0.717, 1.165) is 18.7 Å². The second-order valence-electron chi connectivity index (χ2n) is 6.36. The maximum Gasteiger partial charge on any atom is 0.230 e. The van der Waals surface area contributed by atoms with E-state index in [1.807, 2.05) is 44.2 Å². The van der Waals surface area contributed by atoms with Gasteiger partial charge in [0.2, 0.25) is 5.91 Å². The molecule has 0 bridgehead atoms. The third-order valence-electron chi connectivity index (χ3n) is 4.46. The van der Waals surface area contributed by atoms with Crippen LogP contribution in [-0.2, 0) is 10.2 Å². The first kappa shape index (κ1) is 15.0. The van der Waals surface area contributed by atoms with E-state index < -0.39 is 5.41 Å². The highest BCUT2D eigenvalue weighted by atomic mass is 16.2. The van der Waals surface area contributed by atoms with Crippen LogP contribution in [0.5, 0.6) is 0 Å². The van der Waals surface area contributed by atoms with Gasteiger partial charge >= 0.3 is 0 Å². The molecule has 1 aromatic rings. The van der Waals surface area contributed by atoms with E-state index in [-0.39, 0.29) is 11.9 Å². The Morgan fingerprint density at radius 1 is 1.35 bits per heavy atom. The Morgan fingerprint density at radius 3 is 2.65 bits per heavy atom. The highest BCUT2D eigenvalue weighted by Gasteiger charge is 2.32. The van der Waals surface area contributed by atoms with Gasteiger partial charge in [0.25, 0.3) is 0 Å². The predicted molar refractivity (Wildman–Crippen MR) is 82.7 cm³/mol. The Morgan fingerprint density at radius 2 is 2.05 bits per heavy atom. The number of carbonyl (C=O) groups excluding carboxylic acids is 1.